The van der Waals surface area contributed by atoms with Gasteiger partial charge in [-0.05, 0) is 55.2 Å². The first-order valence-electron chi connectivity index (χ1n) is 7.92. The lowest BCUT2D eigenvalue weighted by Gasteiger charge is -2.27. The van der Waals surface area contributed by atoms with Gasteiger partial charge in [0.2, 0.25) is 0 Å². The summed E-state index contributed by atoms with van der Waals surface area (Å²) in [6.45, 7) is 9.13. The molecule has 0 spiro atoms. The van der Waals surface area contributed by atoms with Gasteiger partial charge in [0.15, 0.2) is 0 Å². The maximum atomic E-state index is 12.1. The third-order valence-electron chi connectivity index (χ3n) is 4.77. The van der Waals surface area contributed by atoms with E-state index in [9.17, 15) is 4.79 Å². The standard InChI is InChI=1S/C17H24N2O2/c1-10(2)15-9-21-17(20)19(15)16-8-12(4)13-7-11(3)5-6-14(13)18-16/h8,10-11,15H,5-7,9H2,1-4H3/t11-,15-/m1/s1. The summed E-state index contributed by atoms with van der Waals surface area (Å²) in [6.07, 6.45) is 3.04. The highest BCUT2D eigenvalue weighted by molar-refractivity contribution is 5.89. The minimum Gasteiger partial charge on any atom is -0.447 e. The van der Waals surface area contributed by atoms with E-state index in [0.717, 1.165) is 24.6 Å². The van der Waals surface area contributed by atoms with Crippen LogP contribution in [0.2, 0.25) is 0 Å². The average molecular weight is 288 g/mol. The minimum atomic E-state index is -0.260. The third kappa shape index (κ3) is 2.52. The van der Waals surface area contributed by atoms with Gasteiger partial charge in [0.1, 0.15) is 12.4 Å². The summed E-state index contributed by atoms with van der Waals surface area (Å²) in [7, 11) is 0. The lowest BCUT2D eigenvalue weighted by atomic mass is 9.85. The number of rotatable bonds is 2. The van der Waals surface area contributed by atoms with Crippen LogP contribution in [0.3, 0.4) is 0 Å². The van der Waals surface area contributed by atoms with Crippen LogP contribution < -0.4 is 4.90 Å². The van der Waals surface area contributed by atoms with Gasteiger partial charge in [-0.3, -0.25) is 4.90 Å². The summed E-state index contributed by atoms with van der Waals surface area (Å²) >= 11 is 0. The fourth-order valence-electron chi connectivity index (χ4n) is 3.38. The van der Waals surface area contributed by atoms with Gasteiger partial charge in [0.25, 0.3) is 0 Å². The highest BCUT2D eigenvalue weighted by Crippen LogP contribution is 2.32. The first kappa shape index (κ1) is 14.4. The molecule has 4 heteroatoms. The molecule has 2 aliphatic rings. The Hall–Kier alpha value is -1.58. The molecule has 1 amide bonds. The SMILES string of the molecule is Cc1cc(N2C(=O)OC[C@@H]2C(C)C)nc2c1C[C@H](C)CC2. The van der Waals surface area contributed by atoms with Crippen LogP contribution >= 0.6 is 0 Å². The highest BCUT2D eigenvalue weighted by atomic mass is 16.6. The number of carbonyl (C=O) groups is 1. The number of hydrogen-bond acceptors (Lipinski definition) is 3. The van der Waals surface area contributed by atoms with Crippen LogP contribution in [-0.4, -0.2) is 23.7 Å². The van der Waals surface area contributed by atoms with E-state index in [2.05, 4.69) is 33.8 Å². The molecule has 0 aromatic carbocycles. The molecule has 4 nitrogen and oxygen atoms in total. The van der Waals surface area contributed by atoms with E-state index >= 15 is 0 Å². The van der Waals surface area contributed by atoms with E-state index in [1.54, 1.807) is 4.90 Å². The molecule has 0 bridgehead atoms. The predicted octanol–water partition coefficient (Wildman–Crippen LogP) is 3.50. The number of nitrogens with zero attached hydrogens (tertiary/aromatic N) is 2. The van der Waals surface area contributed by atoms with Gasteiger partial charge in [0.05, 0.1) is 6.04 Å². The molecule has 3 rings (SSSR count). The summed E-state index contributed by atoms with van der Waals surface area (Å²) in [5, 5.41) is 0. The van der Waals surface area contributed by atoms with Crippen LogP contribution in [0.5, 0.6) is 0 Å². The Bertz CT molecular complexity index is 568. The van der Waals surface area contributed by atoms with Gasteiger partial charge in [-0.15, -0.1) is 0 Å². The molecular formula is C17H24N2O2. The number of hydrogen-bond donors (Lipinski definition) is 0. The molecule has 2 atom stereocenters. The molecule has 21 heavy (non-hydrogen) atoms. The Morgan fingerprint density at radius 1 is 1.43 bits per heavy atom. The molecule has 1 aliphatic carbocycles. The number of amides is 1. The molecule has 1 aliphatic heterocycles. The number of carbonyl (C=O) groups excluding carboxylic acids is 1. The Morgan fingerprint density at radius 3 is 2.90 bits per heavy atom. The Kier molecular flexibility index (Phi) is 3.64. The van der Waals surface area contributed by atoms with Crippen molar-refractivity contribution in [3.63, 3.8) is 0 Å². The van der Waals surface area contributed by atoms with E-state index in [1.165, 1.54) is 23.2 Å². The molecule has 1 saturated heterocycles. The summed E-state index contributed by atoms with van der Waals surface area (Å²) in [6, 6.07) is 2.14. The van der Waals surface area contributed by atoms with Gasteiger partial charge in [0, 0.05) is 5.69 Å². The molecule has 1 aromatic heterocycles. The summed E-state index contributed by atoms with van der Waals surface area (Å²) in [5.41, 5.74) is 3.81. The topological polar surface area (TPSA) is 42.4 Å². The van der Waals surface area contributed by atoms with E-state index in [-0.39, 0.29) is 12.1 Å². The number of ether oxygens (including phenoxy) is 1. The quantitative estimate of drug-likeness (QED) is 0.836. The zero-order chi connectivity index (χ0) is 15.1. The monoisotopic (exact) mass is 288 g/mol. The van der Waals surface area contributed by atoms with Crippen molar-refractivity contribution in [2.45, 2.75) is 53.0 Å². The van der Waals surface area contributed by atoms with Crippen molar-refractivity contribution in [1.82, 2.24) is 4.98 Å². The molecule has 0 unspecified atom stereocenters. The summed E-state index contributed by atoms with van der Waals surface area (Å²) in [5.74, 6) is 1.85. The fourth-order valence-corrected chi connectivity index (χ4v) is 3.38. The lowest BCUT2D eigenvalue weighted by molar-refractivity contribution is 0.177. The Labute approximate surface area is 126 Å². The number of pyridine rings is 1. The van der Waals surface area contributed by atoms with E-state index < -0.39 is 0 Å². The van der Waals surface area contributed by atoms with Crippen LogP contribution in [0.15, 0.2) is 6.07 Å². The first-order chi connectivity index (χ1) is 9.97. The van der Waals surface area contributed by atoms with Crippen molar-refractivity contribution in [2.75, 3.05) is 11.5 Å². The zero-order valence-corrected chi connectivity index (χ0v) is 13.3. The van der Waals surface area contributed by atoms with Crippen LogP contribution in [0, 0.1) is 18.8 Å². The van der Waals surface area contributed by atoms with Gasteiger partial charge < -0.3 is 4.74 Å². The van der Waals surface area contributed by atoms with Crippen LogP contribution in [-0.2, 0) is 17.6 Å². The number of anilines is 1. The second kappa shape index (κ2) is 5.32. The maximum Gasteiger partial charge on any atom is 0.415 e. The Balaban J connectivity index is 1.99. The maximum absolute atomic E-state index is 12.1. The van der Waals surface area contributed by atoms with Gasteiger partial charge in [-0.1, -0.05) is 20.8 Å². The van der Waals surface area contributed by atoms with Crippen LogP contribution in [0.1, 0.15) is 44.0 Å². The summed E-state index contributed by atoms with van der Waals surface area (Å²) in [4.78, 5) is 18.6. The lowest BCUT2D eigenvalue weighted by Crippen LogP contribution is -2.38. The molecule has 0 radical (unpaired) electrons. The average Bonchev–Trinajstić information content (AvgIpc) is 2.81. The second-order valence-corrected chi connectivity index (χ2v) is 6.83. The van der Waals surface area contributed by atoms with Crippen molar-refractivity contribution in [3.05, 3.63) is 22.9 Å². The Morgan fingerprint density at radius 2 is 2.19 bits per heavy atom. The number of cyclic esters (lactones) is 1. The molecule has 0 saturated carbocycles. The number of aromatic nitrogens is 1. The summed E-state index contributed by atoms with van der Waals surface area (Å²) < 4.78 is 5.24. The smallest absolute Gasteiger partial charge is 0.415 e. The fraction of sp³-hybridized carbons (Fsp3) is 0.647. The largest absolute Gasteiger partial charge is 0.447 e. The van der Waals surface area contributed by atoms with Crippen molar-refractivity contribution in [1.29, 1.82) is 0 Å². The third-order valence-corrected chi connectivity index (χ3v) is 4.77. The first-order valence-corrected chi connectivity index (χ1v) is 7.92. The zero-order valence-electron chi connectivity index (χ0n) is 13.3. The minimum absolute atomic E-state index is 0.0879. The predicted molar refractivity (Wildman–Crippen MR) is 82.6 cm³/mol. The molecule has 0 N–H and O–H groups in total. The van der Waals surface area contributed by atoms with Gasteiger partial charge in [-0.25, -0.2) is 9.78 Å². The van der Waals surface area contributed by atoms with E-state index in [4.69, 9.17) is 9.72 Å². The number of aryl methyl sites for hydroxylation is 2. The van der Waals surface area contributed by atoms with Gasteiger partial charge >= 0.3 is 6.09 Å². The number of fused-ring (bicyclic) bond motifs is 1. The van der Waals surface area contributed by atoms with Crippen molar-refractivity contribution in [2.24, 2.45) is 11.8 Å². The molecule has 114 valence electrons. The van der Waals surface area contributed by atoms with Crippen molar-refractivity contribution >= 4 is 11.9 Å². The normalized spacial score (nSPS) is 25.2. The molecule has 1 fully saturated rings. The molecule has 2 heterocycles. The second-order valence-electron chi connectivity index (χ2n) is 6.83. The van der Waals surface area contributed by atoms with E-state index in [1.807, 2.05) is 0 Å². The van der Waals surface area contributed by atoms with Crippen molar-refractivity contribution in [3.8, 4) is 0 Å². The highest BCUT2D eigenvalue weighted by Gasteiger charge is 2.37. The molecular weight excluding hydrogens is 264 g/mol. The van der Waals surface area contributed by atoms with E-state index in [0.29, 0.717) is 12.5 Å². The van der Waals surface area contributed by atoms with Crippen LogP contribution in [0.4, 0.5) is 10.6 Å². The molecule has 1 aromatic rings. The van der Waals surface area contributed by atoms with Crippen LogP contribution in [0.25, 0.3) is 0 Å². The van der Waals surface area contributed by atoms with Gasteiger partial charge in [-0.2, -0.15) is 0 Å². The van der Waals surface area contributed by atoms with Crippen molar-refractivity contribution < 1.29 is 9.53 Å².